The largest absolute Gasteiger partial charge is 0.494 e. The molecular weight excluding hydrogens is 349 g/mol. The highest BCUT2D eigenvalue weighted by Gasteiger charge is 2.51. The molecule has 0 heterocycles. The lowest BCUT2D eigenvalue weighted by Gasteiger charge is -2.16. The number of carboxylic acids is 1. The van der Waals surface area contributed by atoms with Crippen LogP contribution in [0.2, 0.25) is 0 Å². The van der Waals surface area contributed by atoms with Gasteiger partial charge in [0.25, 0.3) is 0 Å². The van der Waals surface area contributed by atoms with E-state index in [0.29, 0.717) is 25.3 Å². The van der Waals surface area contributed by atoms with Crippen LogP contribution >= 0.6 is 0 Å². The van der Waals surface area contributed by atoms with Gasteiger partial charge in [-0.3, -0.25) is 9.59 Å². The molecule has 3 rings (SSSR count). The van der Waals surface area contributed by atoms with Crippen molar-refractivity contribution >= 4 is 11.9 Å². The van der Waals surface area contributed by atoms with E-state index in [2.05, 4.69) is 5.32 Å². The number of ether oxygens (including phenoxy) is 1. The summed E-state index contributed by atoms with van der Waals surface area (Å²) in [5.41, 5.74) is 1.27. The number of halogens is 1. The second-order valence-corrected chi connectivity index (χ2v) is 6.76. The summed E-state index contributed by atoms with van der Waals surface area (Å²) in [5, 5.41) is 11.6. The first-order valence-electron chi connectivity index (χ1n) is 8.97. The number of hydrogen-bond donors (Lipinski definition) is 2. The first kappa shape index (κ1) is 18.9. The van der Waals surface area contributed by atoms with Gasteiger partial charge in [0.2, 0.25) is 5.91 Å². The number of carboxylic acid groups (broad SMARTS) is 1. The summed E-state index contributed by atoms with van der Waals surface area (Å²) in [6, 6.07) is 13.5. The summed E-state index contributed by atoms with van der Waals surface area (Å²) in [4.78, 5) is 23.1. The smallest absolute Gasteiger partial charge is 0.303 e. The average molecular weight is 371 g/mol. The Hall–Kier alpha value is -2.89. The Morgan fingerprint density at radius 2 is 1.74 bits per heavy atom. The number of carbonyl (C=O) groups is 2. The number of amides is 1. The van der Waals surface area contributed by atoms with Gasteiger partial charge in [0.1, 0.15) is 11.6 Å². The zero-order valence-corrected chi connectivity index (χ0v) is 14.9. The molecule has 1 saturated carbocycles. The van der Waals surface area contributed by atoms with Gasteiger partial charge in [-0.1, -0.05) is 24.3 Å². The highest BCUT2D eigenvalue weighted by atomic mass is 19.1. The molecule has 0 aromatic heterocycles. The molecule has 27 heavy (non-hydrogen) atoms. The van der Waals surface area contributed by atoms with Crippen LogP contribution in [-0.2, 0) is 21.5 Å². The van der Waals surface area contributed by atoms with Crippen molar-refractivity contribution in [1.82, 2.24) is 5.32 Å². The van der Waals surface area contributed by atoms with Crippen LogP contribution in [-0.4, -0.2) is 23.6 Å². The molecule has 1 fully saturated rings. The van der Waals surface area contributed by atoms with Crippen molar-refractivity contribution in [2.45, 2.75) is 37.6 Å². The van der Waals surface area contributed by atoms with Crippen LogP contribution in [0.5, 0.6) is 5.75 Å². The summed E-state index contributed by atoms with van der Waals surface area (Å²) >= 11 is 0. The standard InChI is InChI=1S/C21H22FNO4/c22-17-7-5-16(6-8-17)21(11-12-21)20(26)23-14-15-3-9-18(10-4-15)27-13-1-2-19(24)25/h3-10H,1-2,11-14H2,(H,23,26)(H,24,25). The van der Waals surface area contributed by atoms with E-state index < -0.39 is 11.4 Å². The van der Waals surface area contributed by atoms with Crippen LogP contribution in [0.15, 0.2) is 48.5 Å². The Kier molecular flexibility index (Phi) is 5.74. The van der Waals surface area contributed by atoms with Crippen molar-refractivity contribution < 1.29 is 23.8 Å². The fourth-order valence-electron chi connectivity index (χ4n) is 3.01. The molecule has 2 aromatic rings. The van der Waals surface area contributed by atoms with Gasteiger partial charge in [0.15, 0.2) is 0 Å². The van der Waals surface area contributed by atoms with E-state index >= 15 is 0 Å². The number of benzene rings is 2. The fourth-order valence-corrected chi connectivity index (χ4v) is 3.01. The minimum absolute atomic E-state index is 0.0388. The predicted octanol–water partition coefficient (Wildman–Crippen LogP) is 3.42. The van der Waals surface area contributed by atoms with Gasteiger partial charge in [0, 0.05) is 13.0 Å². The number of nitrogens with one attached hydrogen (secondary N) is 1. The van der Waals surface area contributed by atoms with Gasteiger partial charge in [0.05, 0.1) is 12.0 Å². The van der Waals surface area contributed by atoms with Crippen molar-refractivity contribution in [2.24, 2.45) is 0 Å². The molecule has 0 saturated heterocycles. The molecule has 2 aromatic carbocycles. The van der Waals surface area contributed by atoms with Crippen LogP contribution in [0.25, 0.3) is 0 Å². The van der Waals surface area contributed by atoms with E-state index in [0.717, 1.165) is 24.0 Å². The third-order valence-corrected chi connectivity index (χ3v) is 4.76. The molecule has 0 unspecified atom stereocenters. The second kappa shape index (κ2) is 8.20. The van der Waals surface area contributed by atoms with Gasteiger partial charge < -0.3 is 15.2 Å². The molecule has 1 aliphatic rings. The number of rotatable bonds is 9. The molecule has 1 aliphatic carbocycles. The van der Waals surface area contributed by atoms with E-state index in [9.17, 15) is 14.0 Å². The van der Waals surface area contributed by atoms with E-state index in [1.807, 2.05) is 12.1 Å². The molecule has 0 radical (unpaired) electrons. The third-order valence-electron chi connectivity index (χ3n) is 4.76. The van der Waals surface area contributed by atoms with Crippen molar-refractivity contribution in [1.29, 1.82) is 0 Å². The van der Waals surface area contributed by atoms with Crippen molar-refractivity contribution in [3.05, 3.63) is 65.5 Å². The molecule has 0 bridgehead atoms. The molecule has 6 heteroatoms. The van der Waals surface area contributed by atoms with Crippen LogP contribution in [0.3, 0.4) is 0 Å². The molecule has 142 valence electrons. The van der Waals surface area contributed by atoms with Gasteiger partial charge in [-0.05, 0) is 54.7 Å². The van der Waals surface area contributed by atoms with Gasteiger partial charge >= 0.3 is 5.97 Å². The topological polar surface area (TPSA) is 75.6 Å². The Balaban J connectivity index is 1.49. The lowest BCUT2D eigenvalue weighted by molar-refractivity contribution is -0.137. The SMILES string of the molecule is O=C(O)CCCOc1ccc(CNC(=O)C2(c3ccc(F)cc3)CC2)cc1. The summed E-state index contributed by atoms with van der Waals surface area (Å²) in [6.45, 7) is 0.754. The molecule has 0 spiro atoms. The first-order chi connectivity index (χ1) is 13.0. The van der Waals surface area contributed by atoms with Crippen LogP contribution in [0, 0.1) is 5.82 Å². The molecule has 5 nitrogen and oxygen atoms in total. The minimum atomic E-state index is -0.834. The predicted molar refractivity (Wildman–Crippen MR) is 98.0 cm³/mol. The maximum absolute atomic E-state index is 13.1. The Morgan fingerprint density at radius 1 is 1.07 bits per heavy atom. The summed E-state index contributed by atoms with van der Waals surface area (Å²) in [6.07, 6.45) is 2.08. The summed E-state index contributed by atoms with van der Waals surface area (Å²) < 4.78 is 18.6. The van der Waals surface area contributed by atoms with E-state index in [1.54, 1.807) is 24.3 Å². The molecule has 1 amide bonds. The van der Waals surface area contributed by atoms with Crippen molar-refractivity contribution in [3.63, 3.8) is 0 Å². The van der Waals surface area contributed by atoms with E-state index in [-0.39, 0.29) is 18.1 Å². The first-order valence-corrected chi connectivity index (χ1v) is 8.97. The summed E-state index contributed by atoms with van der Waals surface area (Å²) in [5.74, 6) is -0.512. The lowest BCUT2D eigenvalue weighted by Crippen LogP contribution is -2.34. The van der Waals surface area contributed by atoms with Gasteiger partial charge in [-0.25, -0.2) is 4.39 Å². The van der Waals surface area contributed by atoms with Gasteiger partial charge in [-0.2, -0.15) is 0 Å². The lowest BCUT2D eigenvalue weighted by atomic mass is 9.95. The number of carbonyl (C=O) groups excluding carboxylic acids is 1. The van der Waals surface area contributed by atoms with Crippen LogP contribution < -0.4 is 10.1 Å². The van der Waals surface area contributed by atoms with Gasteiger partial charge in [-0.15, -0.1) is 0 Å². The quantitative estimate of drug-likeness (QED) is 0.663. The minimum Gasteiger partial charge on any atom is -0.494 e. The van der Waals surface area contributed by atoms with Crippen molar-refractivity contribution in [3.8, 4) is 5.75 Å². The van der Waals surface area contributed by atoms with E-state index in [4.69, 9.17) is 9.84 Å². The number of hydrogen-bond acceptors (Lipinski definition) is 3. The van der Waals surface area contributed by atoms with Crippen LogP contribution in [0.1, 0.15) is 36.8 Å². The fraction of sp³-hybridized carbons (Fsp3) is 0.333. The molecule has 0 aliphatic heterocycles. The zero-order chi connectivity index (χ0) is 19.3. The third kappa shape index (κ3) is 4.84. The second-order valence-electron chi connectivity index (χ2n) is 6.76. The zero-order valence-electron chi connectivity index (χ0n) is 14.9. The Bertz CT molecular complexity index is 798. The Morgan fingerprint density at radius 3 is 2.33 bits per heavy atom. The molecule has 2 N–H and O–H groups in total. The highest BCUT2D eigenvalue weighted by molar-refractivity contribution is 5.91. The highest BCUT2D eigenvalue weighted by Crippen LogP contribution is 2.48. The normalized spacial score (nSPS) is 14.4. The van der Waals surface area contributed by atoms with Crippen LogP contribution in [0.4, 0.5) is 4.39 Å². The molecule has 0 atom stereocenters. The maximum Gasteiger partial charge on any atom is 0.303 e. The van der Waals surface area contributed by atoms with E-state index in [1.165, 1.54) is 12.1 Å². The average Bonchev–Trinajstić information content (AvgIpc) is 3.46. The van der Waals surface area contributed by atoms with Crippen molar-refractivity contribution in [2.75, 3.05) is 6.61 Å². The molecular formula is C21H22FNO4. The monoisotopic (exact) mass is 371 g/mol. The summed E-state index contributed by atoms with van der Waals surface area (Å²) in [7, 11) is 0. The maximum atomic E-state index is 13.1. The number of aliphatic carboxylic acids is 1. The Labute approximate surface area is 157 Å².